The number of hydrogen-bond donors (Lipinski definition) is 1. The van der Waals surface area contributed by atoms with Crippen molar-refractivity contribution in [1.29, 1.82) is 0 Å². The van der Waals surface area contributed by atoms with Crippen LogP contribution in [-0.4, -0.2) is 9.78 Å². The van der Waals surface area contributed by atoms with Crippen molar-refractivity contribution >= 4 is 11.3 Å². The van der Waals surface area contributed by atoms with Gasteiger partial charge in [0.15, 0.2) is 0 Å². The van der Waals surface area contributed by atoms with Gasteiger partial charge in [-0.3, -0.25) is 4.68 Å². The SMILES string of the molecule is CCn1nc(C)cc1C(N)CCc1cccs1. The van der Waals surface area contributed by atoms with E-state index in [0.29, 0.717) is 0 Å². The summed E-state index contributed by atoms with van der Waals surface area (Å²) in [5.41, 5.74) is 8.45. The number of nitrogens with zero attached hydrogens (tertiary/aromatic N) is 2. The highest BCUT2D eigenvalue weighted by Gasteiger charge is 2.12. The highest BCUT2D eigenvalue weighted by atomic mass is 32.1. The fourth-order valence-electron chi connectivity index (χ4n) is 2.02. The molecule has 0 spiro atoms. The second-order valence-corrected chi connectivity index (χ2v) is 5.28. The Balaban J connectivity index is 2.01. The van der Waals surface area contributed by atoms with E-state index < -0.39 is 0 Å². The van der Waals surface area contributed by atoms with E-state index in [9.17, 15) is 0 Å². The Morgan fingerprint density at radius 2 is 2.35 bits per heavy atom. The average molecular weight is 249 g/mol. The van der Waals surface area contributed by atoms with Gasteiger partial charge in [0, 0.05) is 17.5 Å². The number of aryl methyl sites for hydroxylation is 3. The first kappa shape index (κ1) is 12.3. The van der Waals surface area contributed by atoms with Gasteiger partial charge in [0.25, 0.3) is 0 Å². The van der Waals surface area contributed by atoms with Gasteiger partial charge in [-0.1, -0.05) is 6.07 Å². The van der Waals surface area contributed by atoms with Gasteiger partial charge in [0.1, 0.15) is 0 Å². The fraction of sp³-hybridized carbons (Fsp3) is 0.462. The van der Waals surface area contributed by atoms with Gasteiger partial charge in [-0.15, -0.1) is 11.3 Å². The third kappa shape index (κ3) is 2.96. The van der Waals surface area contributed by atoms with E-state index in [1.165, 1.54) is 4.88 Å². The predicted octanol–water partition coefficient (Wildman–Crippen LogP) is 2.91. The summed E-state index contributed by atoms with van der Waals surface area (Å²) in [6, 6.07) is 6.44. The lowest BCUT2D eigenvalue weighted by atomic mass is 10.1. The number of hydrogen-bond acceptors (Lipinski definition) is 3. The van der Waals surface area contributed by atoms with Crippen LogP contribution in [0, 0.1) is 6.92 Å². The lowest BCUT2D eigenvalue weighted by Crippen LogP contribution is -2.16. The molecule has 4 heteroatoms. The minimum atomic E-state index is 0.0817. The third-order valence-electron chi connectivity index (χ3n) is 2.89. The molecular formula is C13H19N3S. The summed E-state index contributed by atoms with van der Waals surface area (Å²) in [6.07, 6.45) is 2.03. The summed E-state index contributed by atoms with van der Waals surface area (Å²) in [5, 5.41) is 6.55. The van der Waals surface area contributed by atoms with E-state index in [4.69, 9.17) is 5.73 Å². The normalized spacial score (nSPS) is 12.9. The van der Waals surface area contributed by atoms with Crippen molar-refractivity contribution in [3.8, 4) is 0 Å². The van der Waals surface area contributed by atoms with Crippen LogP contribution in [0.4, 0.5) is 0 Å². The zero-order valence-corrected chi connectivity index (χ0v) is 11.2. The molecular weight excluding hydrogens is 230 g/mol. The first-order valence-electron chi connectivity index (χ1n) is 6.03. The van der Waals surface area contributed by atoms with Crippen LogP contribution in [0.25, 0.3) is 0 Å². The Kier molecular flexibility index (Phi) is 3.97. The van der Waals surface area contributed by atoms with E-state index in [1.807, 2.05) is 11.6 Å². The Morgan fingerprint density at radius 3 is 3.00 bits per heavy atom. The molecule has 0 aromatic carbocycles. The summed E-state index contributed by atoms with van der Waals surface area (Å²) in [4.78, 5) is 1.40. The smallest absolute Gasteiger partial charge is 0.0597 e. The van der Waals surface area contributed by atoms with Gasteiger partial charge in [-0.05, 0) is 44.2 Å². The molecule has 2 aromatic heterocycles. The van der Waals surface area contributed by atoms with Gasteiger partial charge < -0.3 is 5.73 Å². The van der Waals surface area contributed by atoms with E-state index in [0.717, 1.165) is 30.8 Å². The molecule has 0 fully saturated rings. The standard InChI is InChI=1S/C13H19N3S/c1-3-16-13(9-10(2)15-16)12(14)7-6-11-5-4-8-17-11/h4-5,8-9,12H,3,6-7,14H2,1-2H3. The highest BCUT2D eigenvalue weighted by Crippen LogP contribution is 2.20. The third-order valence-corrected chi connectivity index (χ3v) is 3.83. The first-order valence-corrected chi connectivity index (χ1v) is 6.91. The van der Waals surface area contributed by atoms with Crippen LogP contribution >= 0.6 is 11.3 Å². The van der Waals surface area contributed by atoms with Gasteiger partial charge in [0.05, 0.1) is 11.4 Å². The van der Waals surface area contributed by atoms with Crippen molar-refractivity contribution in [2.75, 3.05) is 0 Å². The Bertz CT molecular complexity index is 459. The lowest BCUT2D eigenvalue weighted by molar-refractivity contribution is 0.547. The minimum absolute atomic E-state index is 0.0817. The number of aromatic nitrogens is 2. The molecule has 2 aromatic rings. The molecule has 0 aliphatic carbocycles. The largest absolute Gasteiger partial charge is 0.323 e. The molecule has 3 nitrogen and oxygen atoms in total. The summed E-state index contributed by atoms with van der Waals surface area (Å²) in [7, 11) is 0. The first-order chi connectivity index (χ1) is 8.20. The molecule has 17 heavy (non-hydrogen) atoms. The second kappa shape index (κ2) is 5.47. The summed E-state index contributed by atoms with van der Waals surface area (Å²) < 4.78 is 2.01. The van der Waals surface area contributed by atoms with Gasteiger partial charge in [0.2, 0.25) is 0 Å². The monoisotopic (exact) mass is 249 g/mol. The molecule has 0 radical (unpaired) electrons. The topological polar surface area (TPSA) is 43.8 Å². The van der Waals surface area contributed by atoms with Crippen molar-refractivity contribution in [2.24, 2.45) is 5.73 Å². The summed E-state index contributed by atoms with van der Waals surface area (Å²) in [6.45, 7) is 5.00. The molecule has 2 rings (SSSR count). The van der Waals surface area contributed by atoms with E-state index in [1.54, 1.807) is 11.3 Å². The zero-order valence-electron chi connectivity index (χ0n) is 10.4. The van der Waals surface area contributed by atoms with Crippen molar-refractivity contribution in [3.63, 3.8) is 0 Å². The predicted molar refractivity (Wildman–Crippen MR) is 72.2 cm³/mol. The van der Waals surface area contributed by atoms with Crippen LogP contribution in [-0.2, 0) is 13.0 Å². The van der Waals surface area contributed by atoms with Gasteiger partial charge in [-0.2, -0.15) is 5.10 Å². The number of rotatable bonds is 5. The van der Waals surface area contributed by atoms with Crippen molar-refractivity contribution < 1.29 is 0 Å². The fourth-order valence-corrected chi connectivity index (χ4v) is 2.74. The van der Waals surface area contributed by atoms with Crippen LogP contribution in [0.1, 0.15) is 35.7 Å². The highest BCUT2D eigenvalue weighted by molar-refractivity contribution is 7.09. The maximum absolute atomic E-state index is 6.25. The Hall–Kier alpha value is -1.13. The van der Waals surface area contributed by atoms with Crippen molar-refractivity contribution in [1.82, 2.24) is 9.78 Å². The van der Waals surface area contributed by atoms with Crippen LogP contribution in [0.15, 0.2) is 23.6 Å². The lowest BCUT2D eigenvalue weighted by Gasteiger charge is -2.12. The quantitative estimate of drug-likeness (QED) is 0.885. The molecule has 0 aliphatic rings. The number of nitrogens with two attached hydrogens (primary N) is 1. The van der Waals surface area contributed by atoms with Crippen LogP contribution in [0.3, 0.4) is 0 Å². The van der Waals surface area contributed by atoms with E-state index >= 15 is 0 Å². The van der Waals surface area contributed by atoms with Crippen LogP contribution in [0.2, 0.25) is 0 Å². The Labute approximate surface area is 106 Å². The van der Waals surface area contributed by atoms with E-state index in [-0.39, 0.29) is 6.04 Å². The summed E-state index contributed by atoms with van der Waals surface area (Å²) in [5.74, 6) is 0. The molecule has 1 atom stereocenters. The van der Waals surface area contributed by atoms with E-state index in [2.05, 4.69) is 35.6 Å². The second-order valence-electron chi connectivity index (χ2n) is 4.25. The maximum atomic E-state index is 6.25. The maximum Gasteiger partial charge on any atom is 0.0597 e. The average Bonchev–Trinajstić information content (AvgIpc) is 2.94. The molecule has 2 N–H and O–H groups in total. The van der Waals surface area contributed by atoms with Gasteiger partial charge >= 0.3 is 0 Å². The molecule has 2 heterocycles. The zero-order chi connectivity index (χ0) is 12.3. The molecule has 0 bridgehead atoms. The summed E-state index contributed by atoms with van der Waals surface area (Å²) >= 11 is 1.80. The molecule has 0 saturated heterocycles. The molecule has 0 saturated carbocycles. The van der Waals surface area contributed by atoms with Crippen LogP contribution in [0.5, 0.6) is 0 Å². The molecule has 0 aliphatic heterocycles. The van der Waals surface area contributed by atoms with Crippen LogP contribution < -0.4 is 5.73 Å². The van der Waals surface area contributed by atoms with Crippen molar-refractivity contribution in [3.05, 3.63) is 39.8 Å². The molecule has 1 unspecified atom stereocenters. The Morgan fingerprint density at radius 1 is 1.53 bits per heavy atom. The molecule has 92 valence electrons. The molecule has 0 amide bonds. The number of thiophene rings is 1. The minimum Gasteiger partial charge on any atom is -0.323 e. The van der Waals surface area contributed by atoms with Crippen molar-refractivity contribution in [2.45, 2.75) is 39.3 Å². The van der Waals surface area contributed by atoms with Gasteiger partial charge in [-0.25, -0.2) is 0 Å².